The standard InChI is InChI=1S/C6H8N2.CHNS.H2/c1-6(2)8-4-3-7-5-8;2-1-3;/h3-5H,1H2,2H3;2H;1H. The summed E-state index contributed by atoms with van der Waals surface area (Å²) in [6.45, 7) is 5.65. The molecule has 3 nitrogen and oxygen atoms in total. The molecule has 0 bridgehead atoms. The van der Waals surface area contributed by atoms with Crippen molar-refractivity contribution in [3.05, 3.63) is 25.3 Å². The van der Waals surface area contributed by atoms with Crippen LogP contribution < -0.4 is 0 Å². The summed E-state index contributed by atoms with van der Waals surface area (Å²) in [4.78, 5) is 3.85. The molecule has 0 fully saturated rings. The maximum atomic E-state index is 5.77. The zero-order valence-corrected chi connectivity index (χ0v) is 7.06. The first kappa shape index (κ1) is 9.75. The fourth-order valence-electron chi connectivity index (χ4n) is 0.485. The topological polar surface area (TPSA) is 41.7 Å². The largest absolute Gasteiger partial charge is 0.311 e. The Labute approximate surface area is 72.4 Å². The van der Waals surface area contributed by atoms with E-state index in [9.17, 15) is 0 Å². The molecule has 11 heavy (non-hydrogen) atoms. The van der Waals surface area contributed by atoms with E-state index in [0.717, 1.165) is 5.70 Å². The van der Waals surface area contributed by atoms with E-state index in [2.05, 4.69) is 23.8 Å². The summed E-state index contributed by atoms with van der Waals surface area (Å²) >= 11 is 3.81. The van der Waals surface area contributed by atoms with E-state index in [-0.39, 0.29) is 1.43 Å². The lowest BCUT2D eigenvalue weighted by molar-refractivity contribution is 1.08. The van der Waals surface area contributed by atoms with E-state index < -0.39 is 0 Å². The van der Waals surface area contributed by atoms with Gasteiger partial charge in [0.1, 0.15) is 0 Å². The second-order valence-corrected chi connectivity index (χ2v) is 2.01. The Morgan fingerprint density at radius 2 is 2.45 bits per heavy atom. The summed E-state index contributed by atoms with van der Waals surface area (Å²) in [6.07, 6.45) is 5.32. The number of rotatable bonds is 1. The van der Waals surface area contributed by atoms with E-state index in [1.807, 2.05) is 17.7 Å². The number of hydrogen-bond donors (Lipinski definition) is 1. The van der Waals surface area contributed by atoms with Crippen LogP contribution >= 0.6 is 12.2 Å². The van der Waals surface area contributed by atoms with Crippen LogP contribution in [-0.2, 0) is 0 Å². The molecule has 0 saturated carbocycles. The van der Waals surface area contributed by atoms with Crippen LogP contribution in [0.5, 0.6) is 0 Å². The molecule has 1 rings (SSSR count). The number of hydrogen-bond acceptors (Lipinski definition) is 3. The summed E-state index contributed by atoms with van der Waals surface area (Å²) < 4.78 is 1.86. The molecule has 1 aromatic rings. The summed E-state index contributed by atoms with van der Waals surface area (Å²) in [5.41, 5.74) is 0.988. The van der Waals surface area contributed by atoms with Crippen LogP contribution in [0.2, 0.25) is 0 Å². The average Bonchev–Trinajstić information content (AvgIpc) is 2.38. The molecule has 4 heteroatoms. The molecule has 0 unspecified atom stereocenters. The molecule has 0 aliphatic carbocycles. The fourth-order valence-corrected chi connectivity index (χ4v) is 0.485. The Morgan fingerprint density at radius 3 is 2.64 bits per heavy atom. The van der Waals surface area contributed by atoms with Crippen molar-refractivity contribution in [2.45, 2.75) is 6.92 Å². The third-order valence-corrected chi connectivity index (χ3v) is 0.945. The Bertz CT molecular complexity index is 250. The smallest absolute Gasteiger partial charge is 0.0988 e. The van der Waals surface area contributed by atoms with E-state index in [1.165, 1.54) is 0 Å². The molecule has 0 amide bonds. The maximum Gasteiger partial charge on any atom is 0.0988 e. The molecule has 1 N–H and O–H groups in total. The number of nitrogens with one attached hydrogen (secondary N) is 1. The highest BCUT2D eigenvalue weighted by Gasteiger charge is 1.83. The van der Waals surface area contributed by atoms with Gasteiger partial charge in [0.25, 0.3) is 0 Å². The normalized spacial score (nSPS) is 7.36. The van der Waals surface area contributed by atoms with Gasteiger partial charge < -0.3 is 4.57 Å². The fraction of sp³-hybridized carbons (Fsp3) is 0.143. The highest BCUT2D eigenvalue weighted by atomic mass is 32.1. The lowest BCUT2D eigenvalue weighted by Gasteiger charge is -1.94. The maximum absolute atomic E-state index is 5.77. The monoisotopic (exact) mass is 169 g/mol. The van der Waals surface area contributed by atoms with Gasteiger partial charge in [-0.1, -0.05) is 6.58 Å². The van der Waals surface area contributed by atoms with Gasteiger partial charge in [0.05, 0.1) is 11.5 Å². The van der Waals surface area contributed by atoms with Gasteiger partial charge in [-0.25, -0.2) is 10.4 Å². The summed E-state index contributed by atoms with van der Waals surface area (Å²) in [5, 5.41) is 7.36. The van der Waals surface area contributed by atoms with Crippen molar-refractivity contribution in [2.75, 3.05) is 0 Å². The van der Waals surface area contributed by atoms with Gasteiger partial charge in [0, 0.05) is 19.5 Å². The van der Waals surface area contributed by atoms with Crippen LogP contribution in [0.3, 0.4) is 0 Å². The molecule has 0 radical (unpaired) electrons. The van der Waals surface area contributed by atoms with Gasteiger partial charge in [-0.15, -0.1) is 0 Å². The van der Waals surface area contributed by atoms with Crippen LogP contribution in [0.4, 0.5) is 0 Å². The van der Waals surface area contributed by atoms with Gasteiger partial charge in [-0.2, -0.15) is 0 Å². The van der Waals surface area contributed by atoms with Crippen LogP contribution in [0.15, 0.2) is 25.3 Å². The number of imidazole rings is 1. The van der Waals surface area contributed by atoms with Crippen molar-refractivity contribution >= 4 is 23.1 Å². The molecule has 0 aliphatic heterocycles. The molecule has 0 aromatic carbocycles. The molecule has 1 aromatic heterocycles. The molecular formula is C7H11N3S. The molecule has 0 atom stereocenters. The molecule has 1 heterocycles. The number of nitrogens with zero attached hydrogens (tertiary/aromatic N) is 2. The van der Waals surface area contributed by atoms with Gasteiger partial charge in [-0.3, -0.25) is 0 Å². The SMILES string of the molecule is C=C(C)n1ccnc1.N=C=S.[HH]. The molecular weight excluding hydrogens is 158 g/mol. The van der Waals surface area contributed by atoms with Crippen molar-refractivity contribution < 1.29 is 1.43 Å². The first-order valence-corrected chi connectivity index (χ1v) is 3.31. The Morgan fingerprint density at radius 1 is 1.91 bits per heavy atom. The van der Waals surface area contributed by atoms with Crippen molar-refractivity contribution in [3.63, 3.8) is 0 Å². The predicted molar refractivity (Wildman–Crippen MR) is 50.7 cm³/mol. The lowest BCUT2D eigenvalue weighted by Crippen LogP contribution is -1.84. The molecule has 0 saturated heterocycles. The Kier molecular flexibility index (Phi) is 4.90. The number of thiocarbonyl (C=S) groups is 1. The summed E-state index contributed by atoms with van der Waals surface area (Å²) in [6, 6.07) is 0. The Balaban J connectivity index is 0. The van der Waals surface area contributed by atoms with Crippen molar-refractivity contribution in [3.8, 4) is 0 Å². The first-order chi connectivity index (χ1) is 5.22. The van der Waals surface area contributed by atoms with E-state index in [1.54, 1.807) is 17.7 Å². The van der Waals surface area contributed by atoms with Crippen LogP contribution in [0, 0.1) is 5.41 Å². The van der Waals surface area contributed by atoms with Gasteiger partial charge in [-0.05, 0) is 19.1 Å². The lowest BCUT2D eigenvalue weighted by atomic mass is 10.6. The second kappa shape index (κ2) is 5.53. The molecule has 0 spiro atoms. The molecule has 0 aliphatic rings. The minimum absolute atomic E-state index is 0. The van der Waals surface area contributed by atoms with E-state index in [4.69, 9.17) is 5.41 Å². The third-order valence-electron chi connectivity index (χ3n) is 0.945. The zero-order chi connectivity index (χ0) is 8.69. The number of isothiocyanates is 1. The highest BCUT2D eigenvalue weighted by molar-refractivity contribution is 7.78. The Hall–Kier alpha value is -1.25. The predicted octanol–water partition coefficient (Wildman–Crippen LogP) is 2.29. The van der Waals surface area contributed by atoms with Gasteiger partial charge >= 0.3 is 0 Å². The second-order valence-electron chi connectivity index (χ2n) is 1.81. The van der Waals surface area contributed by atoms with Gasteiger partial charge in [0.2, 0.25) is 0 Å². The van der Waals surface area contributed by atoms with Crippen molar-refractivity contribution in [2.24, 2.45) is 0 Å². The van der Waals surface area contributed by atoms with Crippen LogP contribution in [0.1, 0.15) is 8.35 Å². The van der Waals surface area contributed by atoms with Gasteiger partial charge in [0.15, 0.2) is 0 Å². The third kappa shape index (κ3) is 4.19. The minimum Gasteiger partial charge on any atom is -0.311 e. The molecule has 60 valence electrons. The highest BCUT2D eigenvalue weighted by Crippen LogP contribution is 1.95. The average molecular weight is 169 g/mol. The first-order valence-electron chi connectivity index (χ1n) is 2.90. The quantitative estimate of drug-likeness (QED) is 0.517. The van der Waals surface area contributed by atoms with Crippen LogP contribution in [0.25, 0.3) is 5.70 Å². The van der Waals surface area contributed by atoms with Crippen molar-refractivity contribution in [1.29, 1.82) is 5.41 Å². The summed E-state index contributed by atoms with van der Waals surface area (Å²) in [7, 11) is 0. The minimum atomic E-state index is 0. The van der Waals surface area contributed by atoms with E-state index in [0.29, 0.717) is 0 Å². The van der Waals surface area contributed by atoms with Crippen molar-refractivity contribution in [1.82, 2.24) is 9.55 Å². The van der Waals surface area contributed by atoms with E-state index >= 15 is 0 Å². The van der Waals surface area contributed by atoms with Crippen LogP contribution in [-0.4, -0.2) is 14.7 Å². The summed E-state index contributed by atoms with van der Waals surface area (Å²) in [5.74, 6) is 0. The number of allylic oxidation sites excluding steroid dienone is 1. The number of aromatic nitrogens is 2. The zero-order valence-electron chi connectivity index (χ0n) is 6.24.